The van der Waals surface area contributed by atoms with Crippen molar-refractivity contribution in [1.82, 2.24) is 9.97 Å². The summed E-state index contributed by atoms with van der Waals surface area (Å²) in [7, 11) is 0. The molecule has 0 bridgehead atoms. The summed E-state index contributed by atoms with van der Waals surface area (Å²) in [4.78, 5) is 20.2. The second kappa shape index (κ2) is 7.34. The molecule has 5 N–H and O–H groups in total. The van der Waals surface area contributed by atoms with Gasteiger partial charge >= 0.3 is 0 Å². The lowest BCUT2D eigenvalue weighted by molar-refractivity contribution is 0.0739. The van der Waals surface area contributed by atoms with Crippen LogP contribution in [0.4, 0.5) is 11.8 Å². The molecule has 1 fully saturated rings. The third-order valence-electron chi connectivity index (χ3n) is 4.33. The van der Waals surface area contributed by atoms with Gasteiger partial charge in [-0.05, 0) is 30.6 Å². The molecule has 0 unspecified atom stereocenters. The van der Waals surface area contributed by atoms with Gasteiger partial charge in [-0.25, -0.2) is 4.98 Å². The SMILES string of the molecule is C[C@@H]1CC[C@@H](Nc2nc(NCC(C)(C)C)ncc2C(N)=O)C[C@H]1O. The Kier molecular flexibility index (Phi) is 5.64. The Morgan fingerprint density at radius 3 is 2.71 bits per heavy atom. The number of rotatable bonds is 5. The highest BCUT2D eigenvalue weighted by Crippen LogP contribution is 2.27. The minimum atomic E-state index is -0.565. The molecule has 0 saturated heterocycles. The minimum absolute atomic E-state index is 0.0691. The average molecular weight is 335 g/mol. The highest BCUT2D eigenvalue weighted by Gasteiger charge is 2.27. The number of nitrogens with one attached hydrogen (secondary N) is 2. The van der Waals surface area contributed by atoms with Crippen molar-refractivity contribution in [2.24, 2.45) is 17.1 Å². The number of primary amides is 1. The Morgan fingerprint density at radius 1 is 1.42 bits per heavy atom. The zero-order chi connectivity index (χ0) is 17.9. The molecule has 7 heteroatoms. The highest BCUT2D eigenvalue weighted by molar-refractivity contribution is 5.97. The smallest absolute Gasteiger partial charge is 0.254 e. The van der Waals surface area contributed by atoms with Crippen LogP contribution < -0.4 is 16.4 Å². The first-order valence-corrected chi connectivity index (χ1v) is 8.51. The predicted octanol–water partition coefficient (Wildman–Crippen LogP) is 1.99. The van der Waals surface area contributed by atoms with Crippen LogP contribution in [0.25, 0.3) is 0 Å². The third-order valence-corrected chi connectivity index (χ3v) is 4.33. The summed E-state index contributed by atoms with van der Waals surface area (Å²) >= 11 is 0. The first-order chi connectivity index (χ1) is 11.2. The molecule has 1 heterocycles. The highest BCUT2D eigenvalue weighted by atomic mass is 16.3. The number of carbonyl (C=O) groups is 1. The quantitative estimate of drug-likeness (QED) is 0.654. The lowest BCUT2D eigenvalue weighted by Gasteiger charge is -2.32. The van der Waals surface area contributed by atoms with E-state index in [1.54, 1.807) is 0 Å². The van der Waals surface area contributed by atoms with Gasteiger partial charge in [0.05, 0.1) is 11.7 Å². The zero-order valence-corrected chi connectivity index (χ0v) is 15.0. The number of hydrogen-bond acceptors (Lipinski definition) is 6. The van der Waals surface area contributed by atoms with Gasteiger partial charge in [-0.15, -0.1) is 0 Å². The molecule has 1 amide bonds. The van der Waals surface area contributed by atoms with E-state index in [2.05, 4.69) is 48.3 Å². The Morgan fingerprint density at radius 2 is 2.12 bits per heavy atom. The maximum absolute atomic E-state index is 11.6. The van der Waals surface area contributed by atoms with Crippen molar-refractivity contribution in [2.45, 2.75) is 59.1 Å². The summed E-state index contributed by atoms with van der Waals surface area (Å²) in [5.74, 6) is 0.625. The van der Waals surface area contributed by atoms with Crippen molar-refractivity contribution < 1.29 is 9.90 Å². The molecular formula is C17H29N5O2. The standard InChI is InChI=1S/C17H29N5O2/c1-10-5-6-11(7-13(10)23)21-15-12(14(18)24)8-19-16(22-15)20-9-17(2,3)4/h8,10-11,13,23H,5-7,9H2,1-4H3,(H2,18,24)(H2,19,20,21,22)/t10-,11-,13-/m1/s1. The van der Waals surface area contributed by atoms with E-state index in [0.717, 1.165) is 12.8 Å². The largest absolute Gasteiger partial charge is 0.393 e. The monoisotopic (exact) mass is 335 g/mol. The molecule has 0 aromatic carbocycles. The van der Waals surface area contributed by atoms with Gasteiger partial charge in [-0.2, -0.15) is 4.98 Å². The molecule has 7 nitrogen and oxygen atoms in total. The number of amides is 1. The second-order valence-electron chi connectivity index (χ2n) is 7.93. The molecule has 1 aromatic rings. The normalized spacial score (nSPS) is 24.5. The zero-order valence-electron chi connectivity index (χ0n) is 15.0. The van der Waals surface area contributed by atoms with Crippen molar-refractivity contribution in [3.05, 3.63) is 11.8 Å². The lowest BCUT2D eigenvalue weighted by atomic mass is 9.85. The summed E-state index contributed by atoms with van der Waals surface area (Å²) in [6, 6.07) is 0.0691. The molecule has 0 radical (unpaired) electrons. The maximum atomic E-state index is 11.6. The van der Waals surface area contributed by atoms with Crippen LogP contribution in [0.3, 0.4) is 0 Å². The van der Waals surface area contributed by atoms with Gasteiger partial charge in [0.1, 0.15) is 5.82 Å². The molecule has 134 valence electrons. The first kappa shape index (κ1) is 18.4. The van der Waals surface area contributed by atoms with Gasteiger partial charge in [0.25, 0.3) is 5.91 Å². The summed E-state index contributed by atoms with van der Waals surface area (Å²) < 4.78 is 0. The van der Waals surface area contributed by atoms with Crippen molar-refractivity contribution >= 4 is 17.7 Å². The van der Waals surface area contributed by atoms with E-state index in [0.29, 0.717) is 30.6 Å². The summed E-state index contributed by atoms with van der Waals surface area (Å²) in [5, 5.41) is 16.5. The summed E-state index contributed by atoms with van der Waals surface area (Å²) in [5.41, 5.74) is 5.79. The summed E-state index contributed by atoms with van der Waals surface area (Å²) in [6.45, 7) is 9.10. The fourth-order valence-corrected chi connectivity index (χ4v) is 2.72. The molecule has 3 atom stereocenters. The maximum Gasteiger partial charge on any atom is 0.254 e. The molecule has 24 heavy (non-hydrogen) atoms. The Hall–Kier alpha value is -1.89. The van der Waals surface area contributed by atoms with Crippen LogP contribution in [-0.2, 0) is 0 Å². The van der Waals surface area contributed by atoms with Crippen LogP contribution in [-0.4, -0.2) is 39.7 Å². The molecular weight excluding hydrogens is 306 g/mol. The van der Waals surface area contributed by atoms with Gasteiger partial charge in [-0.1, -0.05) is 27.7 Å². The second-order valence-corrected chi connectivity index (χ2v) is 7.93. The fourth-order valence-electron chi connectivity index (χ4n) is 2.72. The van der Waals surface area contributed by atoms with Crippen molar-refractivity contribution in [3.8, 4) is 0 Å². The molecule has 0 spiro atoms. The van der Waals surface area contributed by atoms with Crippen LogP contribution in [0, 0.1) is 11.3 Å². The number of aliphatic hydroxyl groups is 1. The van der Waals surface area contributed by atoms with E-state index in [4.69, 9.17) is 5.73 Å². The van der Waals surface area contributed by atoms with Crippen LogP contribution in [0.1, 0.15) is 57.3 Å². The van der Waals surface area contributed by atoms with E-state index in [9.17, 15) is 9.90 Å². The van der Waals surface area contributed by atoms with E-state index in [1.807, 2.05) is 0 Å². The van der Waals surface area contributed by atoms with E-state index in [-0.39, 0.29) is 23.1 Å². The van der Waals surface area contributed by atoms with Crippen LogP contribution in [0.2, 0.25) is 0 Å². The number of hydrogen-bond donors (Lipinski definition) is 4. The van der Waals surface area contributed by atoms with Crippen LogP contribution in [0.5, 0.6) is 0 Å². The van der Waals surface area contributed by atoms with Gasteiger partial charge in [0.2, 0.25) is 5.95 Å². The Bertz CT molecular complexity index is 585. The Balaban J connectivity index is 2.14. The van der Waals surface area contributed by atoms with Gasteiger partial charge in [0, 0.05) is 18.8 Å². The molecule has 1 saturated carbocycles. The van der Waals surface area contributed by atoms with Gasteiger partial charge in [0.15, 0.2) is 0 Å². The van der Waals surface area contributed by atoms with Crippen LogP contribution >= 0.6 is 0 Å². The van der Waals surface area contributed by atoms with E-state index in [1.165, 1.54) is 6.20 Å². The number of aliphatic hydroxyl groups excluding tert-OH is 1. The van der Waals surface area contributed by atoms with Crippen molar-refractivity contribution in [2.75, 3.05) is 17.2 Å². The number of anilines is 2. The van der Waals surface area contributed by atoms with Crippen LogP contribution in [0.15, 0.2) is 6.20 Å². The number of carbonyl (C=O) groups excluding carboxylic acids is 1. The van der Waals surface area contributed by atoms with Gasteiger partial charge < -0.3 is 21.5 Å². The van der Waals surface area contributed by atoms with E-state index >= 15 is 0 Å². The lowest BCUT2D eigenvalue weighted by Crippen LogP contribution is -2.35. The molecule has 2 rings (SSSR count). The molecule has 1 aromatic heterocycles. The fraction of sp³-hybridized carbons (Fsp3) is 0.706. The summed E-state index contributed by atoms with van der Waals surface area (Å²) in [6.07, 6.45) is 3.60. The van der Waals surface area contributed by atoms with Crippen molar-refractivity contribution in [1.29, 1.82) is 0 Å². The van der Waals surface area contributed by atoms with Crippen molar-refractivity contribution in [3.63, 3.8) is 0 Å². The number of aromatic nitrogens is 2. The average Bonchev–Trinajstić information content (AvgIpc) is 2.48. The predicted molar refractivity (Wildman–Crippen MR) is 94.9 cm³/mol. The first-order valence-electron chi connectivity index (χ1n) is 8.51. The third kappa shape index (κ3) is 5.06. The Labute approximate surface area is 143 Å². The van der Waals surface area contributed by atoms with Gasteiger partial charge in [-0.3, -0.25) is 4.79 Å². The molecule has 1 aliphatic rings. The number of nitrogens with two attached hydrogens (primary N) is 1. The number of nitrogens with zero attached hydrogens (tertiary/aromatic N) is 2. The molecule has 0 aliphatic heterocycles. The minimum Gasteiger partial charge on any atom is -0.393 e. The molecule has 1 aliphatic carbocycles. The topological polar surface area (TPSA) is 113 Å². The van der Waals surface area contributed by atoms with E-state index < -0.39 is 5.91 Å².